The topological polar surface area (TPSA) is 26.0 Å². The molecule has 17 heavy (non-hydrogen) atoms. The minimum absolute atomic E-state index is 0.0121. The maximum Gasteiger partial charge on any atom is 0.299 e. The molecule has 2 aromatic rings. The highest BCUT2D eigenvalue weighted by molar-refractivity contribution is 5.81. The highest BCUT2D eigenvalue weighted by Gasteiger charge is 2.44. The van der Waals surface area contributed by atoms with Crippen LogP contribution in [0.4, 0.5) is 14.5 Å². The molecule has 0 radical (unpaired) electrons. The molecular formula is C14H11F2N. The van der Waals surface area contributed by atoms with E-state index in [1.165, 1.54) is 6.07 Å². The highest BCUT2D eigenvalue weighted by atomic mass is 19.3. The Bertz CT molecular complexity index is 564. The Morgan fingerprint density at radius 1 is 0.941 bits per heavy atom. The summed E-state index contributed by atoms with van der Waals surface area (Å²) in [6.07, 6.45) is 0. The molecule has 0 saturated carbocycles. The van der Waals surface area contributed by atoms with E-state index in [1.54, 1.807) is 24.3 Å². The fourth-order valence-corrected chi connectivity index (χ4v) is 2.35. The number of nitrogens with two attached hydrogens (primary N) is 1. The number of alkyl halides is 2. The lowest BCUT2D eigenvalue weighted by Crippen LogP contribution is -2.11. The van der Waals surface area contributed by atoms with Crippen LogP contribution in [-0.2, 0) is 5.92 Å². The summed E-state index contributed by atoms with van der Waals surface area (Å²) in [6, 6.07) is 9.83. The Labute approximate surface area is 97.9 Å². The Balaban J connectivity index is 2.37. The van der Waals surface area contributed by atoms with E-state index < -0.39 is 5.92 Å². The van der Waals surface area contributed by atoms with Gasteiger partial charge in [0, 0.05) is 16.8 Å². The third kappa shape index (κ3) is 1.28. The number of hydrogen-bond donors (Lipinski definition) is 1. The second kappa shape index (κ2) is 3.06. The fraction of sp³-hybridized carbons (Fsp3) is 0.143. The first-order valence-electron chi connectivity index (χ1n) is 5.39. The molecule has 0 bridgehead atoms. The van der Waals surface area contributed by atoms with Gasteiger partial charge in [-0.1, -0.05) is 23.8 Å². The largest absolute Gasteiger partial charge is 0.399 e. The molecule has 2 aromatic carbocycles. The molecule has 0 atom stereocenters. The first-order valence-corrected chi connectivity index (χ1v) is 5.39. The quantitative estimate of drug-likeness (QED) is 0.687. The molecule has 0 heterocycles. The zero-order valence-corrected chi connectivity index (χ0v) is 9.30. The van der Waals surface area contributed by atoms with Crippen LogP contribution in [0.3, 0.4) is 0 Å². The normalized spacial score (nSPS) is 15.5. The number of aryl methyl sites for hydroxylation is 1. The average molecular weight is 231 g/mol. The molecule has 0 aliphatic heterocycles. The summed E-state index contributed by atoms with van der Waals surface area (Å²) in [5.74, 6) is -2.94. The van der Waals surface area contributed by atoms with E-state index in [1.807, 2.05) is 13.0 Å². The summed E-state index contributed by atoms with van der Waals surface area (Å²) in [6.45, 7) is 1.81. The molecule has 3 rings (SSSR count). The van der Waals surface area contributed by atoms with E-state index in [4.69, 9.17) is 5.73 Å². The summed E-state index contributed by atoms with van der Waals surface area (Å²) < 4.78 is 28.5. The monoisotopic (exact) mass is 231 g/mol. The minimum Gasteiger partial charge on any atom is -0.399 e. The van der Waals surface area contributed by atoms with Crippen LogP contribution in [0.25, 0.3) is 11.1 Å². The molecule has 0 aromatic heterocycles. The van der Waals surface area contributed by atoms with Crippen LogP contribution in [0.15, 0.2) is 36.4 Å². The second-order valence-corrected chi connectivity index (χ2v) is 4.43. The first-order chi connectivity index (χ1) is 8.00. The molecule has 1 aliphatic carbocycles. The standard InChI is InChI=1S/C14H11F2N/c1-8-2-4-10-11-5-3-9(17)7-13(11)14(15,16)12(10)6-8/h2-7H,17H2,1H3. The molecule has 3 heteroatoms. The maximum atomic E-state index is 14.2. The molecule has 1 aliphatic rings. The van der Waals surface area contributed by atoms with Gasteiger partial charge in [0.25, 0.3) is 5.92 Å². The van der Waals surface area contributed by atoms with Crippen LogP contribution in [-0.4, -0.2) is 0 Å². The van der Waals surface area contributed by atoms with Gasteiger partial charge in [0.15, 0.2) is 0 Å². The smallest absolute Gasteiger partial charge is 0.299 e. The molecule has 0 spiro atoms. The van der Waals surface area contributed by atoms with E-state index >= 15 is 0 Å². The van der Waals surface area contributed by atoms with Crippen molar-refractivity contribution in [3.8, 4) is 11.1 Å². The number of rotatable bonds is 0. The first kappa shape index (κ1) is 10.3. The van der Waals surface area contributed by atoms with Crippen LogP contribution < -0.4 is 5.73 Å². The van der Waals surface area contributed by atoms with Gasteiger partial charge < -0.3 is 5.73 Å². The molecule has 1 nitrogen and oxygen atoms in total. The summed E-state index contributed by atoms with van der Waals surface area (Å²) in [5, 5.41) is 0. The highest BCUT2D eigenvalue weighted by Crippen LogP contribution is 2.51. The zero-order valence-electron chi connectivity index (χ0n) is 9.30. The number of halogens is 2. The van der Waals surface area contributed by atoms with Crippen LogP contribution >= 0.6 is 0 Å². The van der Waals surface area contributed by atoms with Crippen molar-refractivity contribution in [2.45, 2.75) is 12.8 Å². The van der Waals surface area contributed by atoms with E-state index in [2.05, 4.69) is 0 Å². The lowest BCUT2D eigenvalue weighted by Gasteiger charge is -2.12. The molecule has 0 saturated heterocycles. The zero-order chi connectivity index (χ0) is 12.2. The SMILES string of the molecule is Cc1ccc2c(c1)C(F)(F)c1cc(N)ccc1-2. The van der Waals surface area contributed by atoms with Crippen molar-refractivity contribution in [3.05, 3.63) is 53.1 Å². The summed E-state index contributed by atoms with van der Waals surface area (Å²) in [7, 11) is 0. The number of fused-ring (bicyclic) bond motifs is 3. The van der Waals surface area contributed by atoms with Crippen molar-refractivity contribution in [3.63, 3.8) is 0 Å². The summed E-state index contributed by atoms with van der Waals surface area (Å²) in [5.41, 5.74) is 8.07. The van der Waals surface area contributed by atoms with Crippen molar-refractivity contribution in [1.82, 2.24) is 0 Å². The number of anilines is 1. The molecule has 2 N–H and O–H groups in total. The van der Waals surface area contributed by atoms with Gasteiger partial charge >= 0.3 is 0 Å². The molecular weight excluding hydrogens is 220 g/mol. The van der Waals surface area contributed by atoms with Gasteiger partial charge in [-0.2, -0.15) is 8.78 Å². The van der Waals surface area contributed by atoms with Gasteiger partial charge in [-0.3, -0.25) is 0 Å². The van der Waals surface area contributed by atoms with Gasteiger partial charge in [0.05, 0.1) is 0 Å². The lowest BCUT2D eigenvalue weighted by molar-refractivity contribution is 0.0480. The van der Waals surface area contributed by atoms with Crippen molar-refractivity contribution in [1.29, 1.82) is 0 Å². The molecule has 0 amide bonds. The third-order valence-electron chi connectivity index (χ3n) is 3.19. The van der Waals surface area contributed by atoms with Crippen LogP contribution in [0.2, 0.25) is 0 Å². The average Bonchev–Trinajstić information content (AvgIpc) is 2.49. The van der Waals surface area contributed by atoms with Crippen molar-refractivity contribution in [2.75, 3.05) is 5.73 Å². The minimum atomic E-state index is -2.94. The van der Waals surface area contributed by atoms with Gasteiger partial charge in [-0.15, -0.1) is 0 Å². The Hall–Kier alpha value is -1.90. The molecule has 86 valence electrons. The van der Waals surface area contributed by atoms with Gasteiger partial charge in [-0.05, 0) is 36.2 Å². The summed E-state index contributed by atoms with van der Waals surface area (Å²) >= 11 is 0. The third-order valence-corrected chi connectivity index (χ3v) is 3.19. The Morgan fingerprint density at radius 2 is 1.53 bits per heavy atom. The Morgan fingerprint density at radius 3 is 2.24 bits per heavy atom. The Kier molecular flexibility index (Phi) is 1.85. The predicted octanol–water partition coefficient (Wildman–Crippen LogP) is 3.70. The number of nitrogen functional groups attached to an aromatic ring is 1. The van der Waals surface area contributed by atoms with Crippen LogP contribution in [0, 0.1) is 6.92 Å². The van der Waals surface area contributed by atoms with E-state index in [-0.39, 0.29) is 11.1 Å². The van der Waals surface area contributed by atoms with Gasteiger partial charge in [0.1, 0.15) is 0 Å². The molecule has 0 fully saturated rings. The molecule has 0 unspecified atom stereocenters. The van der Waals surface area contributed by atoms with Crippen LogP contribution in [0.5, 0.6) is 0 Å². The van der Waals surface area contributed by atoms with E-state index in [0.29, 0.717) is 16.8 Å². The maximum absolute atomic E-state index is 14.2. The number of benzene rings is 2. The van der Waals surface area contributed by atoms with E-state index in [9.17, 15) is 8.78 Å². The predicted molar refractivity (Wildman–Crippen MR) is 64.0 cm³/mol. The van der Waals surface area contributed by atoms with Gasteiger partial charge in [0.2, 0.25) is 0 Å². The number of hydrogen-bond acceptors (Lipinski definition) is 1. The van der Waals surface area contributed by atoms with Crippen molar-refractivity contribution in [2.24, 2.45) is 0 Å². The summed E-state index contributed by atoms with van der Waals surface area (Å²) in [4.78, 5) is 0. The lowest BCUT2D eigenvalue weighted by atomic mass is 10.0. The van der Waals surface area contributed by atoms with Crippen molar-refractivity contribution < 1.29 is 8.78 Å². The fourth-order valence-electron chi connectivity index (χ4n) is 2.35. The second-order valence-electron chi connectivity index (χ2n) is 4.43. The van der Waals surface area contributed by atoms with E-state index in [0.717, 1.165) is 5.56 Å². The van der Waals surface area contributed by atoms with Gasteiger partial charge in [-0.25, -0.2) is 0 Å². The van der Waals surface area contributed by atoms with Crippen LogP contribution in [0.1, 0.15) is 16.7 Å². The van der Waals surface area contributed by atoms with Crippen molar-refractivity contribution >= 4 is 5.69 Å².